The van der Waals surface area contributed by atoms with Crippen LogP contribution in [0.5, 0.6) is 0 Å². The topological polar surface area (TPSA) is 103 Å². The minimum Gasteiger partial charge on any atom is -0.384 e. The second kappa shape index (κ2) is 7.75. The molecule has 5 rings (SSSR count). The molecule has 7 nitrogen and oxygen atoms in total. The number of hydrogen-bond donors (Lipinski definition) is 1. The molecule has 0 unspecified atom stereocenters. The highest BCUT2D eigenvalue weighted by atomic mass is 35.5. The molecule has 8 heteroatoms. The Balaban J connectivity index is 1.87. The zero-order chi connectivity index (χ0) is 23.3. The van der Waals surface area contributed by atoms with E-state index in [0.717, 1.165) is 6.42 Å². The number of nitriles is 1. The van der Waals surface area contributed by atoms with Crippen LogP contribution in [0.25, 0.3) is 0 Å². The number of carbonyl (C=O) groups excluding carboxylic acids is 2. The maximum atomic E-state index is 14.2. The van der Waals surface area contributed by atoms with Gasteiger partial charge in [0.25, 0.3) is 0 Å². The number of benzene rings is 1. The van der Waals surface area contributed by atoms with E-state index in [-0.39, 0.29) is 23.1 Å². The number of fused-ring (bicyclic) bond motifs is 3. The lowest BCUT2D eigenvalue weighted by Crippen LogP contribution is -2.52. The summed E-state index contributed by atoms with van der Waals surface area (Å²) >= 11 is 6.03. The van der Waals surface area contributed by atoms with Crippen molar-refractivity contribution < 1.29 is 9.59 Å². The number of rotatable bonds is 3. The van der Waals surface area contributed by atoms with E-state index < -0.39 is 5.41 Å². The van der Waals surface area contributed by atoms with Crippen LogP contribution in [0.2, 0.25) is 5.02 Å². The lowest BCUT2D eigenvalue weighted by Gasteiger charge is -2.43. The van der Waals surface area contributed by atoms with Gasteiger partial charge in [-0.2, -0.15) is 5.26 Å². The number of hydrogen-bond acceptors (Lipinski definition) is 6. The SMILES string of the molecule is CCCN1C(=O)[C@@]2(C(C#N)=C(N)N(c3ccc(Cl)cn3)C3=C2C(=O)CCC3)c2ccccc21. The molecule has 0 radical (unpaired) electrons. The molecule has 2 aliphatic heterocycles. The Hall–Kier alpha value is -3.63. The smallest absolute Gasteiger partial charge is 0.247 e. The quantitative estimate of drug-likeness (QED) is 0.745. The minimum atomic E-state index is -1.54. The molecule has 1 atom stereocenters. The maximum absolute atomic E-state index is 14.2. The third kappa shape index (κ3) is 2.77. The lowest BCUT2D eigenvalue weighted by atomic mass is 9.64. The van der Waals surface area contributed by atoms with Crippen LogP contribution in [-0.2, 0) is 15.0 Å². The number of halogens is 1. The van der Waals surface area contributed by atoms with E-state index in [4.69, 9.17) is 17.3 Å². The molecule has 33 heavy (non-hydrogen) atoms. The van der Waals surface area contributed by atoms with E-state index in [2.05, 4.69) is 11.1 Å². The number of amides is 1. The second-order valence-corrected chi connectivity index (χ2v) is 8.80. The van der Waals surface area contributed by atoms with E-state index in [1.807, 2.05) is 31.2 Å². The first-order chi connectivity index (χ1) is 16.0. The summed E-state index contributed by atoms with van der Waals surface area (Å²) in [5, 5.41) is 10.8. The second-order valence-electron chi connectivity index (χ2n) is 8.36. The van der Waals surface area contributed by atoms with Crippen molar-refractivity contribution in [1.82, 2.24) is 4.98 Å². The van der Waals surface area contributed by atoms with Gasteiger partial charge in [-0.3, -0.25) is 14.5 Å². The zero-order valence-electron chi connectivity index (χ0n) is 18.1. The number of allylic oxidation sites excluding steroid dienone is 1. The highest BCUT2D eigenvalue weighted by Crippen LogP contribution is 2.56. The first-order valence-electron chi connectivity index (χ1n) is 11.0. The summed E-state index contributed by atoms with van der Waals surface area (Å²) in [6, 6.07) is 13.0. The fourth-order valence-corrected chi connectivity index (χ4v) is 5.45. The van der Waals surface area contributed by atoms with Crippen molar-refractivity contribution in [2.75, 3.05) is 16.3 Å². The Morgan fingerprint density at radius 3 is 2.70 bits per heavy atom. The van der Waals surface area contributed by atoms with Crippen LogP contribution in [0, 0.1) is 11.3 Å². The molecule has 0 saturated heterocycles. The van der Waals surface area contributed by atoms with Crippen molar-refractivity contribution in [3.05, 3.63) is 75.8 Å². The van der Waals surface area contributed by atoms with Crippen LogP contribution < -0.4 is 15.5 Å². The largest absolute Gasteiger partial charge is 0.384 e. The monoisotopic (exact) mass is 459 g/mol. The fraction of sp³-hybridized carbons (Fsp3) is 0.280. The zero-order valence-corrected chi connectivity index (χ0v) is 18.9. The van der Waals surface area contributed by atoms with Gasteiger partial charge >= 0.3 is 0 Å². The first-order valence-corrected chi connectivity index (χ1v) is 11.3. The van der Waals surface area contributed by atoms with Crippen molar-refractivity contribution in [3.8, 4) is 6.07 Å². The Labute approximate surface area is 196 Å². The molecule has 1 spiro atoms. The van der Waals surface area contributed by atoms with Crippen LogP contribution in [-0.4, -0.2) is 23.2 Å². The Morgan fingerprint density at radius 1 is 1.21 bits per heavy atom. The highest BCUT2D eigenvalue weighted by molar-refractivity contribution is 6.30. The number of anilines is 2. The molecular weight excluding hydrogens is 438 g/mol. The van der Waals surface area contributed by atoms with Crippen LogP contribution in [0.3, 0.4) is 0 Å². The van der Waals surface area contributed by atoms with Crippen molar-refractivity contribution in [1.29, 1.82) is 5.26 Å². The number of carbonyl (C=O) groups is 2. The lowest BCUT2D eigenvalue weighted by molar-refractivity contribution is -0.124. The van der Waals surface area contributed by atoms with Gasteiger partial charge < -0.3 is 10.6 Å². The molecular formula is C25H22ClN5O2. The van der Waals surface area contributed by atoms with E-state index >= 15 is 0 Å². The van der Waals surface area contributed by atoms with Gasteiger partial charge in [0.15, 0.2) is 5.78 Å². The summed E-state index contributed by atoms with van der Waals surface area (Å²) in [6.45, 7) is 2.47. The van der Waals surface area contributed by atoms with Gasteiger partial charge in [0.05, 0.1) is 10.6 Å². The third-order valence-electron chi connectivity index (χ3n) is 6.57. The summed E-state index contributed by atoms with van der Waals surface area (Å²) < 4.78 is 0. The predicted molar refractivity (Wildman–Crippen MR) is 125 cm³/mol. The van der Waals surface area contributed by atoms with E-state index in [1.54, 1.807) is 21.9 Å². The molecule has 1 amide bonds. The molecule has 3 aliphatic rings. The van der Waals surface area contributed by atoms with Gasteiger partial charge in [0, 0.05) is 41.7 Å². The number of ketones is 1. The number of para-hydroxylation sites is 1. The van der Waals surface area contributed by atoms with Crippen LogP contribution in [0.4, 0.5) is 11.5 Å². The summed E-state index contributed by atoms with van der Waals surface area (Å²) in [4.78, 5) is 35.4. The van der Waals surface area contributed by atoms with Crippen LogP contribution in [0.1, 0.15) is 38.2 Å². The summed E-state index contributed by atoms with van der Waals surface area (Å²) in [7, 11) is 0. The molecule has 1 aromatic heterocycles. The Bertz CT molecular complexity index is 1290. The molecule has 0 bridgehead atoms. The van der Waals surface area contributed by atoms with E-state index in [1.165, 1.54) is 6.20 Å². The van der Waals surface area contributed by atoms with Gasteiger partial charge in [-0.25, -0.2) is 4.98 Å². The fourth-order valence-electron chi connectivity index (χ4n) is 5.34. The molecule has 0 saturated carbocycles. The number of Topliss-reactive ketones (excluding diaryl/α,β-unsaturated/α-hetero) is 1. The molecule has 2 aromatic rings. The van der Waals surface area contributed by atoms with Gasteiger partial charge in [-0.15, -0.1) is 0 Å². The van der Waals surface area contributed by atoms with E-state index in [0.29, 0.717) is 59.2 Å². The molecule has 1 aromatic carbocycles. The average molecular weight is 460 g/mol. The van der Waals surface area contributed by atoms with Crippen molar-refractivity contribution >= 4 is 34.8 Å². The molecule has 166 valence electrons. The van der Waals surface area contributed by atoms with Gasteiger partial charge in [0.2, 0.25) is 5.91 Å². The first kappa shape index (κ1) is 21.2. The van der Waals surface area contributed by atoms with Gasteiger partial charge in [-0.1, -0.05) is 36.7 Å². The van der Waals surface area contributed by atoms with E-state index in [9.17, 15) is 14.9 Å². The van der Waals surface area contributed by atoms with Crippen molar-refractivity contribution in [3.63, 3.8) is 0 Å². The summed E-state index contributed by atoms with van der Waals surface area (Å²) in [5.74, 6) is 0.126. The van der Waals surface area contributed by atoms with Crippen LogP contribution in [0.15, 0.2) is 65.3 Å². The van der Waals surface area contributed by atoms with Gasteiger partial charge in [-0.05, 0) is 37.5 Å². The predicted octanol–water partition coefficient (Wildman–Crippen LogP) is 3.95. The highest BCUT2D eigenvalue weighted by Gasteiger charge is 2.62. The Kier molecular flexibility index (Phi) is 4.98. The molecule has 1 aliphatic carbocycles. The normalized spacial score (nSPS) is 22.1. The maximum Gasteiger partial charge on any atom is 0.247 e. The Morgan fingerprint density at radius 2 is 2.00 bits per heavy atom. The minimum absolute atomic E-state index is 0.0595. The average Bonchev–Trinajstić information content (AvgIpc) is 3.05. The number of aromatic nitrogens is 1. The summed E-state index contributed by atoms with van der Waals surface area (Å²) in [5.41, 5.74) is 7.48. The number of nitrogens with zero attached hydrogens (tertiary/aromatic N) is 4. The van der Waals surface area contributed by atoms with Crippen molar-refractivity contribution in [2.24, 2.45) is 5.73 Å². The molecule has 3 heterocycles. The number of nitrogens with two attached hydrogens (primary N) is 1. The van der Waals surface area contributed by atoms with Crippen LogP contribution >= 0.6 is 11.6 Å². The summed E-state index contributed by atoms with van der Waals surface area (Å²) in [6.07, 6.45) is 3.70. The van der Waals surface area contributed by atoms with Crippen molar-refractivity contribution in [2.45, 2.75) is 38.0 Å². The molecule has 0 fully saturated rings. The molecule has 2 N–H and O–H groups in total. The third-order valence-corrected chi connectivity index (χ3v) is 6.79. The van der Waals surface area contributed by atoms with Gasteiger partial charge in [0.1, 0.15) is 23.1 Å². The standard InChI is InChI=1S/C25H22ClN5O2/c1-2-12-30-18-7-4-3-6-16(18)25(24(30)33)17(13-27)23(28)31(21-11-10-15(26)14-29-21)19-8-5-9-20(32)22(19)25/h3-4,6-7,10-11,14H,2,5,8-9,12,28H2,1H3/t25-/m1/s1. The number of pyridine rings is 1.